The van der Waals surface area contributed by atoms with Crippen molar-refractivity contribution in [1.29, 1.82) is 0 Å². The maximum absolute atomic E-state index is 12.3. The second-order valence-electron chi connectivity index (χ2n) is 5.24. The first-order valence-corrected chi connectivity index (χ1v) is 6.68. The summed E-state index contributed by atoms with van der Waals surface area (Å²) in [7, 11) is 1.91. The summed E-state index contributed by atoms with van der Waals surface area (Å²) in [4.78, 5) is 14.1. The van der Waals surface area contributed by atoms with E-state index in [1.54, 1.807) is 0 Å². The molecule has 1 aromatic rings. The van der Waals surface area contributed by atoms with E-state index >= 15 is 0 Å². The Bertz CT molecular complexity index is 391. The minimum atomic E-state index is 0.158. The highest BCUT2D eigenvalue weighted by Crippen LogP contribution is 2.18. The van der Waals surface area contributed by atoms with Crippen LogP contribution in [0.1, 0.15) is 12.5 Å². The third-order valence-electron chi connectivity index (χ3n) is 3.79. The quantitative estimate of drug-likeness (QED) is 0.874. The van der Waals surface area contributed by atoms with Gasteiger partial charge in [0.2, 0.25) is 5.91 Å². The molecule has 0 spiro atoms. The Morgan fingerprint density at radius 1 is 1.33 bits per heavy atom. The summed E-state index contributed by atoms with van der Waals surface area (Å²) >= 11 is 0. The van der Waals surface area contributed by atoms with Gasteiger partial charge in [-0.25, -0.2) is 0 Å². The van der Waals surface area contributed by atoms with Crippen molar-refractivity contribution in [1.82, 2.24) is 10.2 Å². The Labute approximate surface area is 109 Å². The van der Waals surface area contributed by atoms with Crippen LogP contribution in [0.3, 0.4) is 0 Å². The molecule has 3 heteroatoms. The van der Waals surface area contributed by atoms with Crippen molar-refractivity contribution in [2.45, 2.75) is 13.3 Å². The molecular weight excluding hydrogens is 224 g/mol. The predicted molar refractivity (Wildman–Crippen MR) is 73.3 cm³/mol. The monoisotopic (exact) mass is 246 g/mol. The third kappa shape index (κ3) is 3.10. The lowest BCUT2D eigenvalue weighted by atomic mass is 9.96. The van der Waals surface area contributed by atoms with Crippen LogP contribution in [0.15, 0.2) is 30.3 Å². The topological polar surface area (TPSA) is 32.3 Å². The SMILES string of the molecule is C[C@@H]1CNC[C@H]1C(=O)N(C)CCc1ccccc1. The third-order valence-corrected chi connectivity index (χ3v) is 3.79. The molecule has 1 N–H and O–H groups in total. The molecule has 3 nitrogen and oxygen atoms in total. The summed E-state index contributed by atoms with van der Waals surface area (Å²) in [6.45, 7) is 4.73. The maximum Gasteiger partial charge on any atom is 0.227 e. The Hall–Kier alpha value is -1.35. The van der Waals surface area contributed by atoms with E-state index in [2.05, 4.69) is 24.4 Å². The molecule has 0 saturated carbocycles. The van der Waals surface area contributed by atoms with Gasteiger partial charge >= 0.3 is 0 Å². The van der Waals surface area contributed by atoms with Crippen LogP contribution < -0.4 is 5.32 Å². The molecule has 1 saturated heterocycles. The highest BCUT2D eigenvalue weighted by Gasteiger charge is 2.31. The summed E-state index contributed by atoms with van der Waals surface area (Å²) in [5, 5.41) is 3.28. The number of nitrogens with one attached hydrogen (secondary N) is 1. The number of hydrogen-bond acceptors (Lipinski definition) is 2. The molecule has 0 unspecified atom stereocenters. The molecule has 1 aliphatic heterocycles. The lowest BCUT2D eigenvalue weighted by Crippen LogP contribution is -2.37. The van der Waals surface area contributed by atoms with Gasteiger partial charge < -0.3 is 10.2 Å². The smallest absolute Gasteiger partial charge is 0.227 e. The van der Waals surface area contributed by atoms with Crippen LogP contribution in [-0.4, -0.2) is 37.5 Å². The molecule has 1 amide bonds. The van der Waals surface area contributed by atoms with Crippen molar-refractivity contribution >= 4 is 5.91 Å². The lowest BCUT2D eigenvalue weighted by molar-refractivity contribution is -0.134. The Kier molecular flexibility index (Phi) is 4.37. The standard InChI is InChI=1S/C15H22N2O/c1-12-10-16-11-14(12)15(18)17(2)9-8-13-6-4-3-5-7-13/h3-7,12,14,16H,8-11H2,1-2H3/t12-,14-/m1/s1. The van der Waals surface area contributed by atoms with E-state index in [1.165, 1.54) is 5.56 Å². The number of nitrogens with zero attached hydrogens (tertiary/aromatic N) is 1. The van der Waals surface area contributed by atoms with E-state index in [1.807, 2.05) is 30.1 Å². The van der Waals surface area contributed by atoms with Crippen molar-refractivity contribution < 1.29 is 4.79 Å². The van der Waals surface area contributed by atoms with E-state index < -0.39 is 0 Å². The molecule has 0 aromatic heterocycles. The van der Waals surface area contributed by atoms with Gasteiger partial charge in [0.05, 0.1) is 5.92 Å². The molecule has 18 heavy (non-hydrogen) atoms. The van der Waals surface area contributed by atoms with Gasteiger partial charge in [-0.05, 0) is 24.4 Å². The summed E-state index contributed by atoms with van der Waals surface area (Å²) in [6, 6.07) is 10.3. The highest BCUT2D eigenvalue weighted by atomic mass is 16.2. The number of rotatable bonds is 4. The second-order valence-corrected chi connectivity index (χ2v) is 5.24. The molecule has 98 valence electrons. The Balaban J connectivity index is 1.84. The zero-order valence-electron chi connectivity index (χ0n) is 11.2. The number of amides is 1. The summed E-state index contributed by atoms with van der Waals surface area (Å²) in [5.74, 6) is 0.894. The minimum absolute atomic E-state index is 0.158. The molecule has 0 bridgehead atoms. The first kappa shape index (κ1) is 13.1. The van der Waals surface area contributed by atoms with Crippen LogP contribution in [-0.2, 0) is 11.2 Å². The van der Waals surface area contributed by atoms with Crippen LogP contribution in [0, 0.1) is 11.8 Å². The predicted octanol–water partition coefficient (Wildman–Crippen LogP) is 1.54. The van der Waals surface area contributed by atoms with Gasteiger partial charge in [-0.3, -0.25) is 4.79 Å². The molecule has 1 aliphatic rings. The molecule has 2 atom stereocenters. The molecule has 1 heterocycles. The van der Waals surface area contributed by atoms with Crippen molar-refractivity contribution in [3.63, 3.8) is 0 Å². The van der Waals surface area contributed by atoms with Crippen LogP contribution in [0.2, 0.25) is 0 Å². The van der Waals surface area contributed by atoms with Gasteiger partial charge in [-0.1, -0.05) is 37.3 Å². The lowest BCUT2D eigenvalue weighted by Gasteiger charge is -2.23. The number of hydrogen-bond donors (Lipinski definition) is 1. The van der Waals surface area contributed by atoms with Gasteiger partial charge in [0.15, 0.2) is 0 Å². The van der Waals surface area contributed by atoms with E-state index in [4.69, 9.17) is 0 Å². The number of benzene rings is 1. The largest absolute Gasteiger partial charge is 0.345 e. The molecule has 2 rings (SSSR count). The second kappa shape index (κ2) is 6.01. The van der Waals surface area contributed by atoms with Crippen LogP contribution in [0.4, 0.5) is 0 Å². The molecule has 0 aliphatic carbocycles. The van der Waals surface area contributed by atoms with E-state index in [9.17, 15) is 4.79 Å². The average molecular weight is 246 g/mol. The van der Waals surface area contributed by atoms with Crippen LogP contribution in [0.25, 0.3) is 0 Å². The normalized spacial score (nSPS) is 23.0. The van der Waals surface area contributed by atoms with Gasteiger partial charge in [0.1, 0.15) is 0 Å². The van der Waals surface area contributed by atoms with Crippen molar-refractivity contribution in [2.24, 2.45) is 11.8 Å². The Morgan fingerprint density at radius 3 is 2.67 bits per heavy atom. The molecule has 0 radical (unpaired) electrons. The Morgan fingerprint density at radius 2 is 2.06 bits per heavy atom. The fourth-order valence-corrected chi connectivity index (χ4v) is 2.48. The van der Waals surface area contributed by atoms with Gasteiger partial charge in [0.25, 0.3) is 0 Å². The number of carbonyl (C=O) groups is 1. The number of likely N-dealkylation sites (N-methyl/N-ethyl adjacent to an activating group) is 1. The van der Waals surface area contributed by atoms with Crippen LogP contribution >= 0.6 is 0 Å². The van der Waals surface area contributed by atoms with E-state index in [0.717, 1.165) is 26.1 Å². The highest BCUT2D eigenvalue weighted by molar-refractivity contribution is 5.79. The fourth-order valence-electron chi connectivity index (χ4n) is 2.48. The average Bonchev–Trinajstić information content (AvgIpc) is 2.82. The number of carbonyl (C=O) groups excluding carboxylic acids is 1. The van der Waals surface area contributed by atoms with Crippen molar-refractivity contribution in [2.75, 3.05) is 26.7 Å². The minimum Gasteiger partial charge on any atom is -0.345 e. The molecular formula is C15H22N2O. The first-order valence-electron chi connectivity index (χ1n) is 6.68. The van der Waals surface area contributed by atoms with E-state index in [-0.39, 0.29) is 11.8 Å². The maximum atomic E-state index is 12.3. The van der Waals surface area contributed by atoms with Crippen LogP contribution in [0.5, 0.6) is 0 Å². The van der Waals surface area contributed by atoms with Gasteiger partial charge in [0, 0.05) is 20.1 Å². The van der Waals surface area contributed by atoms with Crippen molar-refractivity contribution in [3.8, 4) is 0 Å². The summed E-state index contributed by atoms with van der Waals surface area (Å²) in [6.07, 6.45) is 0.928. The summed E-state index contributed by atoms with van der Waals surface area (Å²) < 4.78 is 0. The summed E-state index contributed by atoms with van der Waals surface area (Å²) in [5.41, 5.74) is 1.29. The molecule has 1 fully saturated rings. The van der Waals surface area contributed by atoms with Gasteiger partial charge in [-0.15, -0.1) is 0 Å². The zero-order valence-corrected chi connectivity index (χ0v) is 11.2. The fraction of sp³-hybridized carbons (Fsp3) is 0.533. The van der Waals surface area contributed by atoms with E-state index in [0.29, 0.717) is 5.92 Å². The first-order chi connectivity index (χ1) is 8.68. The van der Waals surface area contributed by atoms with Gasteiger partial charge in [-0.2, -0.15) is 0 Å². The zero-order chi connectivity index (χ0) is 13.0. The molecule has 1 aromatic carbocycles. The van der Waals surface area contributed by atoms with Crippen molar-refractivity contribution in [3.05, 3.63) is 35.9 Å².